The van der Waals surface area contributed by atoms with Crippen molar-refractivity contribution in [3.05, 3.63) is 0 Å². The van der Waals surface area contributed by atoms with Gasteiger partial charge in [0.25, 0.3) is 0 Å². The lowest BCUT2D eigenvalue weighted by atomic mass is 9.85. The third kappa shape index (κ3) is 1.86. The molecule has 0 fully saturated rings. The van der Waals surface area contributed by atoms with Crippen LogP contribution in [0.1, 0.15) is 6.92 Å². The highest BCUT2D eigenvalue weighted by Gasteiger charge is 2.41. The van der Waals surface area contributed by atoms with Crippen molar-refractivity contribution in [1.82, 2.24) is 0 Å². The normalized spacial score (nSPS) is 25.4. The Bertz CT molecular complexity index is 104. The van der Waals surface area contributed by atoms with Crippen LogP contribution in [0.2, 0.25) is 0 Å². The van der Waals surface area contributed by atoms with Gasteiger partial charge in [0.05, 0.1) is 5.41 Å². The van der Waals surface area contributed by atoms with E-state index in [1.54, 1.807) is 0 Å². The van der Waals surface area contributed by atoms with Gasteiger partial charge in [-0.25, -0.2) is 0 Å². The fraction of sp³-hybridized carbons (Fsp3) is 1.00. The molecule has 6 nitrogen and oxygen atoms in total. The maximum atomic E-state index is 8.91. The summed E-state index contributed by atoms with van der Waals surface area (Å²) in [4.78, 5) is 0. The van der Waals surface area contributed by atoms with Crippen LogP contribution in [-0.4, -0.2) is 34.0 Å². The smallest absolute Gasteiger partial charge is 0.115 e. The van der Waals surface area contributed by atoms with E-state index >= 15 is 0 Å². The minimum atomic E-state index is -1.50. The van der Waals surface area contributed by atoms with Gasteiger partial charge in [-0.15, -0.1) is 0 Å². The summed E-state index contributed by atoms with van der Waals surface area (Å²) in [7, 11) is 0. The predicted molar refractivity (Wildman–Crippen MR) is 38.7 cm³/mol. The number of hydrogen-bond acceptors (Lipinski definition) is 6. The van der Waals surface area contributed by atoms with Crippen LogP contribution in [0, 0.1) is 5.41 Å². The Morgan fingerprint density at radius 2 is 1.09 bits per heavy atom. The number of hydrogen-bond donors (Lipinski definition) is 6. The molecule has 6 heteroatoms. The van der Waals surface area contributed by atoms with Crippen LogP contribution in [0.3, 0.4) is 0 Å². The standard InChI is InChI=1S/C5H15N3O3/c1-5(2(6)9,3(7)10)4(8)11/h2-4,9-11H,6-8H2,1H3. The van der Waals surface area contributed by atoms with Crippen molar-refractivity contribution in [2.24, 2.45) is 22.6 Å². The van der Waals surface area contributed by atoms with E-state index in [1.165, 1.54) is 6.92 Å². The van der Waals surface area contributed by atoms with E-state index in [0.29, 0.717) is 0 Å². The largest absolute Gasteiger partial charge is 0.378 e. The van der Waals surface area contributed by atoms with Crippen LogP contribution >= 0.6 is 0 Å². The first-order valence-electron chi connectivity index (χ1n) is 3.14. The highest BCUT2D eigenvalue weighted by molar-refractivity contribution is 4.87. The lowest BCUT2D eigenvalue weighted by Crippen LogP contribution is -2.60. The molecule has 0 aromatic rings. The van der Waals surface area contributed by atoms with Crippen molar-refractivity contribution in [3.8, 4) is 0 Å². The molecule has 9 N–H and O–H groups in total. The summed E-state index contributed by atoms with van der Waals surface area (Å²) in [5, 5.41) is 26.7. The fourth-order valence-electron chi connectivity index (χ4n) is 0.525. The molecule has 0 aliphatic heterocycles. The van der Waals surface area contributed by atoms with Crippen molar-refractivity contribution in [1.29, 1.82) is 0 Å². The molecule has 3 unspecified atom stereocenters. The zero-order valence-electron chi connectivity index (χ0n) is 6.31. The van der Waals surface area contributed by atoms with Gasteiger partial charge in [0.1, 0.15) is 18.7 Å². The zero-order valence-corrected chi connectivity index (χ0v) is 6.31. The maximum absolute atomic E-state index is 8.91. The second kappa shape index (κ2) is 3.44. The van der Waals surface area contributed by atoms with Gasteiger partial charge in [-0.3, -0.25) is 0 Å². The van der Waals surface area contributed by atoms with Gasteiger partial charge in [0.2, 0.25) is 0 Å². The van der Waals surface area contributed by atoms with Crippen molar-refractivity contribution in [2.45, 2.75) is 25.6 Å². The molecule has 0 bridgehead atoms. The molecular weight excluding hydrogens is 150 g/mol. The molecule has 68 valence electrons. The average Bonchev–Trinajstić information content (AvgIpc) is 1.84. The molecule has 0 aromatic heterocycles. The molecule has 3 atom stereocenters. The quantitative estimate of drug-likeness (QED) is 0.244. The lowest BCUT2D eigenvalue weighted by molar-refractivity contribution is -0.122. The Morgan fingerprint density at radius 3 is 1.09 bits per heavy atom. The van der Waals surface area contributed by atoms with Crippen LogP contribution in [0.15, 0.2) is 0 Å². The third-order valence-corrected chi connectivity index (χ3v) is 1.91. The Kier molecular flexibility index (Phi) is 3.36. The predicted octanol–water partition coefficient (Wildman–Crippen LogP) is -3.18. The summed E-state index contributed by atoms with van der Waals surface area (Å²) in [6.07, 6.45) is -4.41. The van der Waals surface area contributed by atoms with Gasteiger partial charge in [0, 0.05) is 0 Å². The summed E-state index contributed by atoms with van der Waals surface area (Å²) >= 11 is 0. The first-order chi connectivity index (χ1) is 4.83. The summed E-state index contributed by atoms with van der Waals surface area (Å²) in [5.41, 5.74) is 13.6. The highest BCUT2D eigenvalue weighted by atomic mass is 16.3. The van der Waals surface area contributed by atoms with Gasteiger partial charge in [-0.1, -0.05) is 0 Å². The summed E-state index contributed by atoms with van der Waals surface area (Å²) in [6.45, 7) is 1.28. The van der Waals surface area contributed by atoms with Crippen molar-refractivity contribution >= 4 is 0 Å². The van der Waals surface area contributed by atoms with Crippen molar-refractivity contribution < 1.29 is 15.3 Å². The number of aliphatic hydroxyl groups excluding tert-OH is 3. The monoisotopic (exact) mass is 165 g/mol. The SMILES string of the molecule is CC(C(N)O)(C(N)O)C(N)O. The highest BCUT2D eigenvalue weighted by Crippen LogP contribution is 2.23. The molecule has 0 heterocycles. The van der Waals surface area contributed by atoms with Crippen LogP contribution < -0.4 is 17.2 Å². The minimum Gasteiger partial charge on any atom is -0.378 e. The molecule has 0 rings (SSSR count). The second-order valence-corrected chi connectivity index (χ2v) is 2.70. The molecule has 0 aliphatic rings. The Morgan fingerprint density at radius 1 is 0.909 bits per heavy atom. The molecule has 0 radical (unpaired) electrons. The van der Waals surface area contributed by atoms with Crippen LogP contribution in [0.25, 0.3) is 0 Å². The number of rotatable bonds is 3. The molecule has 0 saturated carbocycles. The lowest BCUT2D eigenvalue weighted by Gasteiger charge is -2.36. The molecule has 0 spiro atoms. The summed E-state index contributed by atoms with van der Waals surface area (Å²) in [5.74, 6) is 0. The first-order valence-corrected chi connectivity index (χ1v) is 3.14. The number of aliphatic hydroxyl groups is 3. The van der Waals surface area contributed by atoms with E-state index in [4.69, 9.17) is 32.5 Å². The molecule has 0 amide bonds. The average molecular weight is 165 g/mol. The van der Waals surface area contributed by atoms with Gasteiger partial charge in [0.15, 0.2) is 0 Å². The van der Waals surface area contributed by atoms with Gasteiger partial charge < -0.3 is 32.5 Å². The Hall–Kier alpha value is -0.240. The fourth-order valence-corrected chi connectivity index (χ4v) is 0.525. The minimum absolute atomic E-state index is 1.28. The summed E-state index contributed by atoms with van der Waals surface area (Å²) < 4.78 is 0. The summed E-state index contributed by atoms with van der Waals surface area (Å²) in [6, 6.07) is 0. The second-order valence-electron chi connectivity index (χ2n) is 2.70. The van der Waals surface area contributed by atoms with E-state index in [0.717, 1.165) is 0 Å². The van der Waals surface area contributed by atoms with E-state index in [1.807, 2.05) is 0 Å². The Labute approximate surface area is 64.6 Å². The number of nitrogens with two attached hydrogens (primary N) is 3. The molecule has 0 saturated heterocycles. The molecule has 0 aromatic carbocycles. The van der Waals surface area contributed by atoms with Crippen LogP contribution in [-0.2, 0) is 0 Å². The van der Waals surface area contributed by atoms with Gasteiger partial charge >= 0.3 is 0 Å². The maximum Gasteiger partial charge on any atom is 0.115 e. The van der Waals surface area contributed by atoms with Gasteiger partial charge in [-0.05, 0) is 6.92 Å². The molecule has 0 aliphatic carbocycles. The Balaban J connectivity index is 4.53. The van der Waals surface area contributed by atoms with Crippen molar-refractivity contribution in [3.63, 3.8) is 0 Å². The zero-order chi connectivity index (χ0) is 9.23. The molecule has 11 heavy (non-hydrogen) atoms. The van der Waals surface area contributed by atoms with E-state index in [9.17, 15) is 0 Å². The topological polar surface area (TPSA) is 139 Å². The van der Waals surface area contributed by atoms with Crippen molar-refractivity contribution in [2.75, 3.05) is 0 Å². The van der Waals surface area contributed by atoms with Crippen LogP contribution in [0.5, 0.6) is 0 Å². The van der Waals surface area contributed by atoms with E-state index in [-0.39, 0.29) is 0 Å². The van der Waals surface area contributed by atoms with E-state index < -0.39 is 24.1 Å². The van der Waals surface area contributed by atoms with Gasteiger partial charge in [-0.2, -0.15) is 0 Å². The van der Waals surface area contributed by atoms with Crippen LogP contribution in [0.4, 0.5) is 0 Å². The third-order valence-electron chi connectivity index (χ3n) is 1.91. The first kappa shape index (κ1) is 10.8. The molecular formula is C5H15N3O3. The van der Waals surface area contributed by atoms with E-state index in [2.05, 4.69) is 0 Å².